The third-order valence-corrected chi connectivity index (χ3v) is 3.48. The zero-order valence-electron chi connectivity index (χ0n) is 10.4. The first kappa shape index (κ1) is 10.4. The van der Waals surface area contributed by atoms with E-state index in [-0.39, 0.29) is 5.43 Å². The molecule has 0 bridgehead atoms. The van der Waals surface area contributed by atoms with Crippen LogP contribution in [0.1, 0.15) is 5.56 Å². The number of nitrogens with one attached hydrogen (secondary N) is 1. The van der Waals surface area contributed by atoms with Crippen LogP contribution in [0.3, 0.4) is 0 Å². The van der Waals surface area contributed by atoms with Crippen LogP contribution in [-0.2, 0) is 0 Å². The highest BCUT2D eigenvalue weighted by atomic mass is 16.3. The molecule has 19 heavy (non-hydrogen) atoms. The predicted molar refractivity (Wildman–Crippen MR) is 76.6 cm³/mol. The molecule has 0 unspecified atom stereocenters. The van der Waals surface area contributed by atoms with Gasteiger partial charge in [0.2, 0.25) is 5.43 Å². The summed E-state index contributed by atoms with van der Waals surface area (Å²) in [6, 6.07) is 13.4. The molecule has 0 saturated carbocycles. The summed E-state index contributed by atoms with van der Waals surface area (Å²) in [6.45, 7) is 2.00. The van der Waals surface area contributed by atoms with Gasteiger partial charge in [-0.05, 0) is 36.8 Å². The van der Waals surface area contributed by atoms with Gasteiger partial charge < -0.3 is 9.40 Å². The van der Waals surface area contributed by atoms with E-state index in [9.17, 15) is 4.79 Å². The van der Waals surface area contributed by atoms with E-state index in [2.05, 4.69) is 4.98 Å². The Morgan fingerprint density at radius 1 is 1.05 bits per heavy atom. The van der Waals surface area contributed by atoms with Gasteiger partial charge in [-0.3, -0.25) is 4.79 Å². The van der Waals surface area contributed by atoms with Crippen LogP contribution in [0.25, 0.3) is 33.0 Å². The molecule has 1 N–H and O–H groups in total. The number of hydrogen-bond acceptors (Lipinski definition) is 2. The van der Waals surface area contributed by atoms with Gasteiger partial charge in [0.05, 0.1) is 5.52 Å². The van der Waals surface area contributed by atoms with Crippen molar-refractivity contribution in [3.8, 4) is 0 Å². The summed E-state index contributed by atoms with van der Waals surface area (Å²) >= 11 is 0. The molecule has 0 fully saturated rings. The van der Waals surface area contributed by atoms with Crippen molar-refractivity contribution in [2.24, 2.45) is 0 Å². The lowest BCUT2D eigenvalue weighted by Crippen LogP contribution is -2.01. The SMILES string of the molecule is Cc1ccc2c(c1)oc1c(=O)c3ccccc3[nH]c12. The van der Waals surface area contributed by atoms with Gasteiger partial charge in [0.15, 0.2) is 5.58 Å². The van der Waals surface area contributed by atoms with E-state index < -0.39 is 0 Å². The van der Waals surface area contributed by atoms with Crippen LogP contribution >= 0.6 is 0 Å². The molecule has 0 aliphatic heterocycles. The minimum Gasteiger partial charge on any atom is -0.450 e. The number of furan rings is 1. The van der Waals surface area contributed by atoms with Crippen LogP contribution in [0.2, 0.25) is 0 Å². The van der Waals surface area contributed by atoms with E-state index in [1.54, 1.807) is 0 Å². The smallest absolute Gasteiger partial charge is 0.232 e. The summed E-state index contributed by atoms with van der Waals surface area (Å²) in [5.74, 6) is 0. The minimum atomic E-state index is -0.0572. The average molecular weight is 249 g/mol. The Kier molecular flexibility index (Phi) is 1.90. The summed E-state index contributed by atoms with van der Waals surface area (Å²) in [4.78, 5) is 15.7. The van der Waals surface area contributed by atoms with E-state index in [1.807, 2.05) is 49.4 Å². The van der Waals surface area contributed by atoms with Gasteiger partial charge in [0.25, 0.3) is 0 Å². The molecule has 2 heterocycles. The van der Waals surface area contributed by atoms with Crippen molar-refractivity contribution >= 4 is 33.0 Å². The third-order valence-electron chi connectivity index (χ3n) is 3.48. The van der Waals surface area contributed by atoms with Crippen LogP contribution in [0.5, 0.6) is 0 Å². The van der Waals surface area contributed by atoms with Crippen molar-refractivity contribution < 1.29 is 4.42 Å². The number of aromatic nitrogens is 1. The Morgan fingerprint density at radius 3 is 2.79 bits per heavy atom. The van der Waals surface area contributed by atoms with Crippen molar-refractivity contribution in [2.75, 3.05) is 0 Å². The van der Waals surface area contributed by atoms with Gasteiger partial charge in [0.1, 0.15) is 5.58 Å². The molecule has 0 aliphatic rings. The van der Waals surface area contributed by atoms with Crippen LogP contribution in [0.4, 0.5) is 0 Å². The Bertz CT molecular complexity index is 992. The molecule has 4 rings (SSSR count). The van der Waals surface area contributed by atoms with Crippen molar-refractivity contribution in [1.82, 2.24) is 4.98 Å². The molecule has 2 aromatic heterocycles. The quantitative estimate of drug-likeness (QED) is 0.516. The van der Waals surface area contributed by atoms with Crippen molar-refractivity contribution in [3.63, 3.8) is 0 Å². The summed E-state index contributed by atoms with van der Waals surface area (Å²) in [5.41, 5.74) is 3.82. The lowest BCUT2D eigenvalue weighted by Gasteiger charge is -1.97. The first-order valence-electron chi connectivity index (χ1n) is 6.18. The van der Waals surface area contributed by atoms with Crippen molar-refractivity contribution in [3.05, 3.63) is 58.3 Å². The molecule has 4 aromatic rings. The molecular weight excluding hydrogens is 238 g/mol. The van der Waals surface area contributed by atoms with Crippen LogP contribution in [0, 0.1) is 6.92 Å². The zero-order chi connectivity index (χ0) is 13.0. The minimum absolute atomic E-state index is 0.0572. The van der Waals surface area contributed by atoms with E-state index in [4.69, 9.17) is 4.42 Å². The Hall–Kier alpha value is -2.55. The molecule has 0 atom stereocenters. The van der Waals surface area contributed by atoms with Gasteiger partial charge in [0, 0.05) is 16.3 Å². The Labute approximate surface area is 108 Å². The molecule has 0 saturated heterocycles. The second-order valence-corrected chi connectivity index (χ2v) is 4.81. The number of hydrogen-bond donors (Lipinski definition) is 1. The normalized spacial score (nSPS) is 11.6. The molecule has 92 valence electrons. The second-order valence-electron chi connectivity index (χ2n) is 4.81. The van der Waals surface area contributed by atoms with Crippen molar-refractivity contribution in [2.45, 2.75) is 6.92 Å². The average Bonchev–Trinajstić information content (AvgIpc) is 2.77. The topological polar surface area (TPSA) is 46.0 Å². The fourth-order valence-electron chi connectivity index (χ4n) is 2.53. The highest BCUT2D eigenvalue weighted by Crippen LogP contribution is 2.27. The number of H-pyrrole nitrogens is 1. The fraction of sp³-hybridized carbons (Fsp3) is 0.0625. The highest BCUT2D eigenvalue weighted by Gasteiger charge is 2.12. The second kappa shape index (κ2) is 3.48. The third kappa shape index (κ3) is 1.35. The Balaban J connectivity index is 2.32. The molecule has 2 aromatic carbocycles. The molecule has 0 aliphatic carbocycles. The first-order valence-corrected chi connectivity index (χ1v) is 6.18. The molecule has 3 heteroatoms. The standard InChI is InChI=1S/C16H11NO2/c1-9-6-7-11-13(8-9)19-16-14(11)17-12-5-3-2-4-10(12)15(16)18/h2-8H,1H3,(H,17,18). The molecule has 0 spiro atoms. The van der Waals surface area contributed by atoms with Crippen molar-refractivity contribution in [1.29, 1.82) is 0 Å². The van der Waals surface area contributed by atoms with Gasteiger partial charge in [-0.25, -0.2) is 0 Å². The Morgan fingerprint density at radius 2 is 1.89 bits per heavy atom. The number of fused-ring (bicyclic) bond motifs is 4. The lowest BCUT2D eigenvalue weighted by atomic mass is 10.1. The van der Waals surface area contributed by atoms with Crippen LogP contribution in [0.15, 0.2) is 51.7 Å². The molecule has 3 nitrogen and oxygen atoms in total. The number of aryl methyl sites for hydroxylation is 1. The number of rotatable bonds is 0. The van der Waals surface area contributed by atoms with E-state index in [1.165, 1.54) is 0 Å². The van der Waals surface area contributed by atoms with Crippen LogP contribution < -0.4 is 5.43 Å². The first-order chi connectivity index (χ1) is 9.24. The predicted octanol–water partition coefficient (Wildman–Crippen LogP) is 3.74. The van der Waals surface area contributed by atoms with Gasteiger partial charge >= 0.3 is 0 Å². The maximum absolute atomic E-state index is 12.4. The van der Waals surface area contributed by atoms with E-state index >= 15 is 0 Å². The number of aromatic amines is 1. The van der Waals surface area contributed by atoms with E-state index in [0.717, 1.165) is 27.6 Å². The summed E-state index contributed by atoms with van der Waals surface area (Å²) in [7, 11) is 0. The van der Waals surface area contributed by atoms with E-state index in [0.29, 0.717) is 11.0 Å². The number of benzene rings is 2. The molecule has 0 amide bonds. The van der Waals surface area contributed by atoms with Gasteiger partial charge in [-0.15, -0.1) is 0 Å². The maximum Gasteiger partial charge on any atom is 0.232 e. The maximum atomic E-state index is 12.4. The fourth-order valence-corrected chi connectivity index (χ4v) is 2.53. The highest BCUT2D eigenvalue weighted by molar-refractivity contribution is 6.05. The largest absolute Gasteiger partial charge is 0.450 e. The number of para-hydroxylation sites is 1. The summed E-state index contributed by atoms with van der Waals surface area (Å²) in [5, 5.41) is 1.61. The summed E-state index contributed by atoms with van der Waals surface area (Å²) in [6.07, 6.45) is 0. The van der Waals surface area contributed by atoms with Gasteiger partial charge in [-0.2, -0.15) is 0 Å². The van der Waals surface area contributed by atoms with Gasteiger partial charge in [-0.1, -0.05) is 18.2 Å². The summed E-state index contributed by atoms with van der Waals surface area (Å²) < 4.78 is 5.73. The zero-order valence-corrected chi connectivity index (χ0v) is 10.4. The monoisotopic (exact) mass is 249 g/mol. The number of pyridine rings is 1. The molecule has 0 radical (unpaired) electrons. The lowest BCUT2D eigenvalue weighted by molar-refractivity contribution is 0.665. The van der Waals surface area contributed by atoms with Crippen LogP contribution in [-0.4, -0.2) is 4.98 Å². The molecular formula is C16H11NO2.